The number of aliphatic hydroxyl groups is 1. The highest BCUT2D eigenvalue weighted by atomic mass is 35.5. The maximum atomic E-state index is 13.1. The van der Waals surface area contributed by atoms with Crippen LogP contribution in [0.15, 0.2) is 17.3 Å². The zero-order chi connectivity index (χ0) is 22.3. The van der Waals surface area contributed by atoms with Gasteiger partial charge in [-0.05, 0) is 51.4 Å². The molecule has 0 spiro atoms. The Kier molecular flexibility index (Phi) is 4.56. The minimum Gasteiger partial charge on any atom is -0.394 e. The third-order valence-corrected chi connectivity index (χ3v) is 10.5. The highest BCUT2D eigenvalue weighted by Crippen LogP contribution is 2.56. The first-order valence-electron chi connectivity index (χ1n) is 12.0. The molecule has 5 atom stereocenters. The molecule has 10 heteroatoms. The van der Waals surface area contributed by atoms with E-state index in [-0.39, 0.29) is 17.4 Å². The van der Waals surface area contributed by atoms with Gasteiger partial charge in [0.2, 0.25) is 5.95 Å². The minimum atomic E-state index is -1.06. The van der Waals surface area contributed by atoms with Crippen LogP contribution in [0.1, 0.15) is 74.7 Å². The number of fused-ring (bicyclic) bond motifs is 5. The molecule has 4 unspecified atom stereocenters. The van der Waals surface area contributed by atoms with Crippen LogP contribution in [-0.4, -0.2) is 58.7 Å². The molecular weight excluding hydrogens is 460 g/mol. The Morgan fingerprint density at radius 2 is 1.88 bits per heavy atom. The van der Waals surface area contributed by atoms with Crippen molar-refractivity contribution in [1.82, 2.24) is 19.9 Å². The topological polar surface area (TPSA) is 104 Å². The van der Waals surface area contributed by atoms with Gasteiger partial charge in [0.25, 0.3) is 0 Å². The molecule has 174 valence electrons. The normalized spacial score (nSPS) is 35.0. The summed E-state index contributed by atoms with van der Waals surface area (Å²) in [6.45, 7) is 0.0678. The van der Waals surface area contributed by atoms with Gasteiger partial charge in [0, 0.05) is 41.6 Å². The van der Waals surface area contributed by atoms with Crippen molar-refractivity contribution in [3.8, 4) is 0 Å². The molecule has 8 nitrogen and oxygen atoms in total. The second kappa shape index (κ2) is 7.33. The Labute approximate surface area is 200 Å². The van der Waals surface area contributed by atoms with E-state index in [0.717, 1.165) is 73.7 Å². The quantitative estimate of drug-likeness (QED) is 0.664. The summed E-state index contributed by atoms with van der Waals surface area (Å²) < 4.78 is 13.1. The van der Waals surface area contributed by atoms with E-state index in [9.17, 15) is 9.32 Å². The van der Waals surface area contributed by atoms with Crippen LogP contribution in [0.4, 0.5) is 11.8 Å². The van der Waals surface area contributed by atoms with Crippen LogP contribution in [0.2, 0.25) is 5.02 Å². The summed E-state index contributed by atoms with van der Waals surface area (Å²) in [7, 11) is -1.06. The van der Waals surface area contributed by atoms with Crippen LogP contribution < -0.4 is 10.2 Å². The van der Waals surface area contributed by atoms with Crippen LogP contribution in [0, 0.1) is 0 Å². The molecule has 2 bridgehead atoms. The lowest BCUT2D eigenvalue weighted by Gasteiger charge is -2.42. The molecule has 2 aromatic heterocycles. The smallest absolute Gasteiger partial charge is 0.228 e. The van der Waals surface area contributed by atoms with E-state index in [1.54, 1.807) is 12.4 Å². The van der Waals surface area contributed by atoms with Crippen molar-refractivity contribution >= 4 is 34.2 Å². The largest absolute Gasteiger partial charge is 0.394 e. The zero-order valence-electron chi connectivity index (χ0n) is 18.3. The predicted octanol–water partition coefficient (Wildman–Crippen LogP) is 3.14. The number of hydrogen-bond donors (Lipinski definition) is 2. The fourth-order valence-corrected chi connectivity index (χ4v) is 8.28. The van der Waals surface area contributed by atoms with E-state index in [2.05, 4.69) is 20.2 Å². The number of halogens is 1. The maximum absolute atomic E-state index is 13.1. The van der Waals surface area contributed by atoms with Gasteiger partial charge in [0.15, 0.2) is 0 Å². The van der Waals surface area contributed by atoms with Crippen molar-refractivity contribution in [2.45, 2.75) is 91.0 Å². The van der Waals surface area contributed by atoms with E-state index >= 15 is 0 Å². The fraction of sp³-hybridized carbons (Fsp3) is 0.652. The highest BCUT2D eigenvalue weighted by Gasteiger charge is 2.55. The zero-order valence-corrected chi connectivity index (χ0v) is 19.9. The van der Waals surface area contributed by atoms with Crippen LogP contribution in [0.5, 0.6) is 0 Å². The Morgan fingerprint density at radius 1 is 1.15 bits per heavy atom. The third-order valence-electron chi connectivity index (χ3n) is 8.41. The lowest BCUT2D eigenvalue weighted by molar-refractivity contribution is 0.143. The lowest BCUT2D eigenvalue weighted by atomic mass is 9.77. The van der Waals surface area contributed by atoms with Crippen LogP contribution >= 0.6 is 11.6 Å². The van der Waals surface area contributed by atoms with Crippen LogP contribution in [-0.2, 0) is 10.8 Å². The first-order valence-corrected chi connectivity index (χ1v) is 13.6. The first-order chi connectivity index (χ1) is 16.0. The number of rotatable bonds is 5. The second-order valence-electron chi connectivity index (χ2n) is 10.4. The summed E-state index contributed by atoms with van der Waals surface area (Å²) >= 11 is 5.99. The van der Waals surface area contributed by atoms with E-state index < -0.39 is 10.8 Å². The van der Waals surface area contributed by atoms with Crippen molar-refractivity contribution in [1.29, 1.82) is 0 Å². The highest BCUT2D eigenvalue weighted by molar-refractivity contribution is 7.86. The van der Waals surface area contributed by atoms with Gasteiger partial charge < -0.3 is 15.3 Å². The monoisotopic (exact) mass is 486 g/mol. The summed E-state index contributed by atoms with van der Waals surface area (Å²) in [6.07, 6.45) is 11.4. The fourth-order valence-electron chi connectivity index (χ4n) is 6.38. The molecular formula is C23H27ClN6O2S. The van der Waals surface area contributed by atoms with Gasteiger partial charge in [-0.15, -0.1) is 0 Å². The molecule has 0 amide bonds. The van der Waals surface area contributed by atoms with Gasteiger partial charge in [-0.25, -0.2) is 15.0 Å². The van der Waals surface area contributed by atoms with Crippen molar-refractivity contribution in [2.24, 2.45) is 0 Å². The minimum absolute atomic E-state index is 0.0678. The standard InChI is InChI=1S/C23H27ClN6O2S/c24-13-9-25-20(26-10-13)12-6-14-2-3-15(7-12)30(14)22-27-18-16-8-17(16)33(32)19(18)21(28-22)29-23(11-31)4-1-5-23/h9-10,12,14-17,31H,1-8,11H2,(H,27,28,29)/t12?,14?,15?,16?,17?,33-/m0/s1. The molecule has 2 aromatic rings. The molecule has 0 radical (unpaired) electrons. The lowest BCUT2D eigenvalue weighted by Crippen LogP contribution is -2.49. The predicted molar refractivity (Wildman–Crippen MR) is 125 cm³/mol. The van der Waals surface area contributed by atoms with Gasteiger partial charge in [-0.3, -0.25) is 4.21 Å². The third kappa shape index (κ3) is 3.15. The number of aliphatic hydroxyl groups excluding tert-OH is 1. The summed E-state index contributed by atoms with van der Waals surface area (Å²) in [5, 5.41) is 14.3. The number of anilines is 2. The summed E-state index contributed by atoms with van der Waals surface area (Å²) in [5.41, 5.74) is 0.634. The van der Waals surface area contributed by atoms with Crippen molar-refractivity contribution in [3.05, 3.63) is 28.9 Å². The molecule has 2 saturated carbocycles. The molecule has 33 heavy (non-hydrogen) atoms. The molecule has 2 aliphatic carbocycles. The van der Waals surface area contributed by atoms with Gasteiger partial charge in [-0.1, -0.05) is 11.6 Å². The SMILES string of the molecule is O=[S@@]1c2c(NC3(CO)CCC3)nc(N3C4CCC3CC(c3ncc(Cl)cn3)C4)nc2C2CC21. The van der Waals surface area contributed by atoms with Gasteiger partial charge in [0.05, 0.1) is 33.7 Å². The summed E-state index contributed by atoms with van der Waals surface area (Å²) in [4.78, 5) is 22.2. The number of aromatic nitrogens is 4. The van der Waals surface area contributed by atoms with Crippen molar-refractivity contribution in [3.63, 3.8) is 0 Å². The average molecular weight is 487 g/mol. The van der Waals surface area contributed by atoms with Gasteiger partial charge >= 0.3 is 0 Å². The molecule has 3 aliphatic heterocycles. The van der Waals surface area contributed by atoms with Crippen LogP contribution in [0.25, 0.3) is 0 Å². The molecule has 2 N–H and O–H groups in total. The van der Waals surface area contributed by atoms with Crippen molar-refractivity contribution < 1.29 is 9.32 Å². The van der Waals surface area contributed by atoms with E-state index in [1.165, 1.54) is 0 Å². The van der Waals surface area contributed by atoms with Gasteiger partial charge in [0.1, 0.15) is 16.5 Å². The molecule has 4 fully saturated rings. The number of nitrogens with zero attached hydrogens (tertiary/aromatic N) is 5. The van der Waals surface area contributed by atoms with Gasteiger partial charge in [-0.2, -0.15) is 4.98 Å². The Morgan fingerprint density at radius 3 is 2.52 bits per heavy atom. The van der Waals surface area contributed by atoms with E-state index in [0.29, 0.717) is 34.8 Å². The Hall–Kier alpha value is -1.84. The molecule has 2 saturated heterocycles. The molecule has 5 aliphatic rings. The van der Waals surface area contributed by atoms with E-state index in [4.69, 9.17) is 21.6 Å². The summed E-state index contributed by atoms with van der Waals surface area (Å²) in [5.74, 6) is 2.94. The van der Waals surface area contributed by atoms with Crippen LogP contribution in [0.3, 0.4) is 0 Å². The van der Waals surface area contributed by atoms with Crippen molar-refractivity contribution in [2.75, 3.05) is 16.8 Å². The number of hydrogen-bond acceptors (Lipinski definition) is 8. The Balaban J connectivity index is 1.23. The molecule has 7 rings (SSSR count). The molecule has 5 heterocycles. The number of piperidine rings is 1. The molecule has 0 aromatic carbocycles. The summed E-state index contributed by atoms with van der Waals surface area (Å²) in [6, 6.07) is 0.688. The first kappa shape index (κ1) is 20.5. The maximum Gasteiger partial charge on any atom is 0.228 e. The van der Waals surface area contributed by atoms with E-state index in [1.807, 2.05) is 0 Å². The second-order valence-corrected chi connectivity index (χ2v) is 12.4. The number of nitrogens with one attached hydrogen (secondary N) is 1. The average Bonchev–Trinajstić information content (AvgIpc) is 3.49. The Bertz CT molecular complexity index is 1120.